The zero-order valence-electron chi connectivity index (χ0n) is 12.5. The van der Waals surface area contributed by atoms with Gasteiger partial charge in [0.05, 0.1) is 5.92 Å². The van der Waals surface area contributed by atoms with Gasteiger partial charge in [-0.3, -0.25) is 9.59 Å². The van der Waals surface area contributed by atoms with Crippen molar-refractivity contribution in [3.63, 3.8) is 0 Å². The standard InChI is InChI=1S/C8H15NO2.C6H14N2O2/c9-5-6-1-3-7(4-2-6)8(10)11;7-4-2-1-3-5(8)6(9)10/h6-7H,1-5,9H2,(H,10,11);5H,1-4,7-8H2,(H,9,10)/t;5-/m.0/s1. The minimum atomic E-state index is -0.933. The van der Waals surface area contributed by atoms with E-state index in [1.807, 2.05) is 0 Å². The topological polar surface area (TPSA) is 153 Å². The van der Waals surface area contributed by atoms with E-state index in [9.17, 15) is 9.59 Å². The van der Waals surface area contributed by atoms with Gasteiger partial charge in [-0.2, -0.15) is 0 Å². The normalized spacial score (nSPS) is 22.8. The molecule has 0 amide bonds. The van der Waals surface area contributed by atoms with Crippen LogP contribution in [0.2, 0.25) is 0 Å². The molecule has 0 saturated heterocycles. The molecule has 124 valence electrons. The third-order valence-electron chi connectivity index (χ3n) is 3.82. The van der Waals surface area contributed by atoms with Gasteiger partial charge in [-0.1, -0.05) is 6.42 Å². The Labute approximate surface area is 125 Å². The van der Waals surface area contributed by atoms with Crippen LogP contribution in [-0.2, 0) is 9.59 Å². The Morgan fingerprint density at radius 1 is 1.05 bits per heavy atom. The minimum absolute atomic E-state index is 0.0993. The highest BCUT2D eigenvalue weighted by Gasteiger charge is 2.24. The molecule has 0 spiro atoms. The van der Waals surface area contributed by atoms with Crippen molar-refractivity contribution in [1.82, 2.24) is 0 Å². The van der Waals surface area contributed by atoms with Gasteiger partial charge in [-0.25, -0.2) is 0 Å². The molecule has 7 heteroatoms. The number of nitrogens with two attached hydrogens (primary N) is 3. The van der Waals surface area contributed by atoms with Crippen molar-refractivity contribution in [3.05, 3.63) is 0 Å². The maximum absolute atomic E-state index is 10.5. The van der Waals surface area contributed by atoms with Gasteiger partial charge in [-0.05, 0) is 57.5 Å². The monoisotopic (exact) mass is 303 g/mol. The van der Waals surface area contributed by atoms with Crippen molar-refractivity contribution in [1.29, 1.82) is 0 Å². The summed E-state index contributed by atoms with van der Waals surface area (Å²) in [5, 5.41) is 17.0. The van der Waals surface area contributed by atoms with Crippen LogP contribution in [-0.4, -0.2) is 41.3 Å². The number of carboxylic acids is 2. The van der Waals surface area contributed by atoms with Gasteiger partial charge in [0, 0.05) is 0 Å². The summed E-state index contributed by atoms with van der Waals surface area (Å²) in [7, 11) is 0. The number of rotatable bonds is 7. The molecule has 0 aliphatic heterocycles. The van der Waals surface area contributed by atoms with Crippen molar-refractivity contribution in [2.45, 2.75) is 51.0 Å². The van der Waals surface area contributed by atoms with E-state index in [2.05, 4.69) is 0 Å². The molecular weight excluding hydrogens is 274 g/mol. The summed E-state index contributed by atoms with van der Waals surface area (Å²) in [6, 6.07) is -0.716. The quantitative estimate of drug-likeness (QED) is 0.426. The fourth-order valence-electron chi connectivity index (χ4n) is 2.28. The van der Waals surface area contributed by atoms with E-state index in [1.165, 1.54) is 0 Å². The van der Waals surface area contributed by atoms with Crippen molar-refractivity contribution < 1.29 is 19.8 Å². The molecule has 8 N–H and O–H groups in total. The van der Waals surface area contributed by atoms with Crippen molar-refractivity contribution in [2.24, 2.45) is 29.0 Å². The van der Waals surface area contributed by atoms with Gasteiger partial charge >= 0.3 is 11.9 Å². The summed E-state index contributed by atoms with van der Waals surface area (Å²) in [6.07, 6.45) is 5.78. The summed E-state index contributed by atoms with van der Waals surface area (Å²) in [6.45, 7) is 1.32. The fraction of sp³-hybridized carbons (Fsp3) is 0.857. The van der Waals surface area contributed by atoms with Crippen LogP contribution < -0.4 is 17.2 Å². The Hall–Kier alpha value is -1.18. The first-order chi connectivity index (χ1) is 9.92. The summed E-state index contributed by atoms with van der Waals surface area (Å²) in [5.41, 5.74) is 15.9. The summed E-state index contributed by atoms with van der Waals surface area (Å²) in [4.78, 5) is 20.7. The molecule has 21 heavy (non-hydrogen) atoms. The lowest BCUT2D eigenvalue weighted by Gasteiger charge is -2.24. The minimum Gasteiger partial charge on any atom is -0.481 e. The van der Waals surface area contributed by atoms with Crippen LogP contribution in [0.15, 0.2) is 0 Å². The van der Waals surface area contributed by atoms with Crippen LogP contribution in [0.1, 0.15) is 44.9 Å². The smallest absolute Gasteiger partial charge is 0.320 e. The maximum Gasteiger partial charge on any atom is 0.320 e. The van der Waals surface area contributed by atoms with Crippen LogP contribution in [0.5, 0.6) is 0 Å². The molecule has 0 radical (unpaired) electrons. The van der Waals surface area contributed by atoms with E-state index < -0.39 is 18.0 Å². The molecule has 0 unspecified atom stereocenters. The molecule has 0 heterocycles. The zero-order chi connectivity index (χ0) is 16.3. The Kier molecular flexibility index (Phi) is 10.8. The molecule has 0 aromatic heterocycles. The Morgan fingerprint density at radius 3 is 2.00 bits per heavy atom. The molecule has 1 rings (SSSR count). The SMILES string of the molecule is NCC1CCC(C(=O)O)CC1.NCCCC[C@H](N)C(=O)O. The van der Waals surface area contributed by atoms with Crippen molar-refractivity contribution >= 4 is 11.9 Å². The van der Waals surface area contributed by atoms with E-state index >= 15 is 0 Å². The van der Waals surface area contributed by atoms with Gasteiger partial charge in [0.1, 0.15) is 6.04 Å². The third-order valence-corrected chi connectivity index (χ3v) is 3.82. The molecular formula is C14H29N3O4. The van der Waals surface area contributed by atoms with Gasteiger partial charge in [0.15, 0.2) is 0 Å². The van der Waals surface area contributed by atoms with Gasteiger partial charge in [0.25, 0.3) is 0 Å². The molecule has 1 fully saturated rings. The van der Waals surface area contributed by atoms with Crippen LogP contribution in [0, 0.1) is 11.8 Å². The maximum atomic E-state index is 10.5. The largest absolute Gasteiger partial charge is 0.481 e. The second kappa shape index (κ2) is 11.5. The average molecular weight is 303 g/mol. The van der Waals surface area contributed by atoms with E-state index in [0.717, 1.165) is 38.5 Å². The van der Waals surface area contributed by atoms with Crippen LogP contribution in [0.3, 0.4) is 0 Å². The second-order valence-electron chi connectivity index (χ2n) is 5.52. The summed E-state index contributed by atoms with van der Waals surface area (Å²) < 4.78 is 0. The molecule has 7 nitrogen and oxygen atoms in total. The lowest BCUT2D eigenvalue weighted by molar-refractivity contribution is -0.143. The highest BCUT2D eigenvalue weighted by atomic mass is 16.4. The second-order valence-corrected chi connectivity index (χ2v) is 5.52. The Balaban J connectivity index is 0.000000384. The Bertz CT molecular complexity index is 305. The molecule has 0 bridgehead atoms. The predicted molar refractivity (Wildman–Crippen MR) is 80.7 cm³/mol. The first-order valence-electron chi connectivity index (χ1n) is 7.53. The number of unbranched alkanes of at least 4 members (excludes halogenated alkanes) is 1. The van der Waals surface area contributed by atoms with E-state index in [1.54, 1.807) is 0 Å². The van der Waals surface area contributed by atoms with E-state index in [0.29, 0.717) is 25.4 Å². The molecule has 1 saturated carbocycles. The average Bonchev–Trinajstić information content (AvgIpc) is 2.48. The summed E-state index contributed by atoms with van der Waals surface area (Å²) >= 11 is 0. The number of carboxylic acid groups (broad SMARTS) is 2. The van der Waals surface area contributed by atoms with E-state index in [4.69, 9.17) is 27.4 Å². The number of aliphatic carboxylic acids is 2. The zero-order valence-corrected chi connectivity index (χ0v) is 12.5. The predicted octanol–water partition coefficient (Wildman–Crippen LogP) is 0.363. The number of hydrogen-bond donors (Lipinski definition) is 5. The molecule has 1 aliphatic carbocycles. The Morgan fingerprint density at radius 2 is 1.62 bits per heavy atom. The first kappa shape index (κ1) is 19.8. The third kappa shape index (κ3) is 9.38. The highest BCUT2D eigenvalue weighted by Crippen LogP contribution is 2.27. The van der Waals surface area contributed by atoms with Crippen molar-refractivity contribution in [3.8, 4) is 0 Å². The number of carbonyl (C=O) groups is 2. The van der Waals surface area contributed by atoms with Gasteiger partial charge in [-0.15, -0.1) is 0 Å². The highest BCUT2D eigenvalue weighted by molar-refractivity contribution is 5.72. The first-order valence-corrected chi connectivity index (χ1v) is 7.53. The lowest BCUT2D eigenvalue weighted by Crippen LogP contribution is -2.29. The van der Waals surface area contributed by atoms with Crippen LogP contribution >= 0.6 is 0 Å². The van der Waals surface area contributed by atoms with Gasteiger partial charge in [0.2, 0.25) is 0 Å². The fourth-order valence-corrected chi connectivity index (χ4v) is 2.28. The van der Waals surface area contributed by atoms with Crippen LogP contribution in [0.25, 0.3) is 0 Å². The van der Waals surface area contributed by atoms with Crippen LogP contribution in [0.4, 0.5) is 0 Å². The molecule has 1 aliphatic rings. The van der Waals surface area contributed by atoms with E-state index in [-0.39, 0.29) is 5.92 Å². The number of hydrogen-bond acceptors (Lipinski definition) is 5. The lowest BCUT2D eigenvalue weighted by atomic mass is 9.82. The summed E-state index contributed by atoms with van der Waals surface area (Å²) in [5.74, 6) is -1.10. The molecule has 0 aromatic rings. The molecule has 0 aromatic carbocycles. The molecule has 1 atom stereocenters. The van der Waals surface area contributed by atoms with Gasteiger partial charge < -0.3 is 27.4 Å². The van der Waals surface area contributed by atoms with Crippen molar-refractivity contribution in [2.75, 3.05) is 13.1 Å².